The van der Waals surface area contributed by atoms with Crippen LogP contribution in [0.5, 0.6) is 0 Å². The Morgan fingerprint density at radius 3 is 2.50 bits per heavy atom. The van der Waals surface area contributed by atoms with Gasteiger partial charge in [0.2, 0.25) is 0 Å². The van der Waals surface area contributed by atoms with Crippen LogP contribution < -0.4 is 5.32 Å². The number of hydrogen-bond acceptors (Lipinski definition) is 3. The maximum atomic E-state index is 13.1. The predicted octanol–water partition coefficient (Wildman–Crippen LogP) is 2.07. The maximum absolute atomic E-state index is 13.1. The molecule has 16 heavy (non-hydrogen) atoms. The van der Waals surface area contributed by atoms with Gasteiger partial charge in [-0.05, 0) is 20.3 Å². The van der Waals surface area contributed by atoms with Crippen molar-refractivity contribution in [3.63, 3.8) is 0 Å². The molecule has 0 aliphatic carbocycles. The van der Waals surface area contributed by atoms with Gasteiger partial charge >= 0.3 is 0 Å². The van der Waals surface area contributed by atoms with Crippen molar-refractivity contribution in [2.45, 2.75) is 32.4 Å². The molecule has 2 unspecified atom stereocenters. The summed E-state index contributed by atoms with van der Waals surface area (Å²) in [6.07, 6.45) is -0.226. The van der Waals surface area contributed by atoms with Gasteiger partial charge in [0.1, 0.15) is 0 Å². The first-order valence-corrected chi connectivity index (χ1v) is 4.86. The number of rotatable bonds is 4. The van der Waals surface area contributed by atoms with Gasteiger partial charge in [0.25, 0.3) is 5.95 Å². The molecule has 0 aliphatic rings. The highest BCUT2D eigenvalue weighted by atomic mass is 19.2. The molecule has 0 aliphatic heterocycles. The highest BCUT2D eigenvalue weighted by Crippen LogP contribution is 2.16. The zero-order valence-corrected chi connectivity index (χ0v) is 8.97. The molecule has 90 valence electrons. The van der Waals surface area contributed by atoms with Crippen molar-refractivity contribution in [2.24, 2.45) is 0 Å². The topological polar surface area (TPSA) is 45.1 Å². The van der Waals surface area contributed by atoms with Crippen molar-refractivity contribution in [1.82, 2.24) is 4.98 Å². The monoisotopic (exact) mass is 234 g/mol. The number of nitrogens with one attached hydrogen (secondary N) is 1. The van der Waals surface area contributed by atoms with Crippen LogP contribution >= 0.6 is 0 Å². The number of nitrogens with zero attached hydrogens (tertiary/aromatic N) is 1. The van der Waals surface area contributed by atoms with Crippen molar-refractivity contribution >= 4 is 5.82 Å². The van der Waals surface area contributed by atoms with E-state index in [1.165, 1.54) is 0 Å². The first-order chi connectivity index (χ1) is 7.40. The summed E-state index contributed by atoms with van der Waals surface area (Å²) in [6, 6.07) is 0.131. The molecule has 0 spiro atoms. The van der Waals surface area contributed by atoms with Gasteiger partial charge < -0.3 is 10.4 Å². The molecule has 0 bridgehead atoms. The Balaban J connectivity index is 2.77. The standard InChI is InChI=1S/C10H13F3N2O/c1-5(3-6(2)16)14-10-8(12)4-7(11)9(13)15-10/h4-6,16H,3H2,1-2H3,(H,14,15). The molecule has 1 aromatic rings. The van der Waals surface area contributed by atoms with Crippen LogP contribution in [0.3, 0.4) is 0 Å². The smallest absolute Gasteiger partial charge is 0.251 e. The Hall–Kier alpha value is -1.30. The fraction of sp³-hybridized carbons (Fsp3) is 0.500. The highest BCUT2D eigenvalue weighted by Gasteiger charge is 2.14. The van der Waals surface area contributed by atoms with Crippen LogP contribution in [-0.2, 0) is 0 Å². The summed E-state index contributed by atoms with van der Waals surface area (Å²) < 4.78 is 38.4. The fourth-order valence-electron chi connectivity index (χ4n) is 1.35. The van der Waals surface area contributed by atoms with Crippen molar-refractivity contribution in [3.8, 4) is 0 Å². The molecule has 0 amide bonds. The van der Waals surface area contributed by atoms with E-state index in [2.05, 4.69) is 10.3 Å². The second kappa shape index (κ2) is 5.16. The summed E-state index contributed by atoms with van der Waals surface area (Å²) in [7, 11) is 0. The number of aromatic nitrogens is 1. The molecule has 2 atom stereocenters. The molecule has 1 rings (SSSR count). The van der Waals surface area contributed by atoms with Crippen LogP contribution in [0.25, 0.3) is 0 Å². The van der Waals surface area contributed by atoms with E-state index >= 15 is 0 Å². The first-order valence-electron chi connectivity index (χ1n) is 4.86. The van der Waals surface area contributed by atoms with Crippen LogP contribution in [0.4, 0.5) is 19.0 Å². The van der Waals surface area contributed by atoms with Gasteiger partial charge in [-0.2, -0.15) is 9.37 Å². The summed E-state index contributed by atoms with van der Waals surface area (Å²) in [5.74, 6) is -4.00. The van der Waals surface area contributed by atoms with Crippen molar-refractivity contribution in [2.75, 3.05) is 5.32 Å². The predicted molar refractivity (Wildman–Crippen MR) is 53.5 cm³/mol. The molecule has 0 radical (unpaired) electrons. The number of aliphatic hydroxyl groups excluding tert-OH is 1. The summed E-state index contributed by atoms with van der Waals surface area (Å²) in [5, 5.41) is 11.6. The zero-order chi connectivity index (χ0) is 12.3. The van der Waals surface area contributed by atoms with Crippen LogP contribution in [0.15, 0.2) is 6.07 Å². The summed E-state index contributed by atoms with van der Waals surface area (Å²) in [5.41, 5.74) is 0. The number of anilines is 1. The third-order valence-electron chi connectivity index (χ3n) is 1.96. The summed E-state index contributed by atoms with van der Waals surface area (Å²) in [4.78, 5) is 3.11. The molecule has 3 nitrogen and oxygen atoms in total. The molecule has 1 aromatic heterocycles. The number of halogens is 3. The van der Waals surface area contributed by atoms with Gasteiger partial charge in [-0.25, -0.2) is 8.78 Å². The molecular formula is C10H13F3N2O. The fourth-order valence-corrected chi connectivity index (χ4v) is 1.35. The van der Waals surface area contributed by atoms with Crippen LogP contribution in [0, 0.1) is 17.6 Å². The largest absolute Gasteiger partial charge is 0.393 e. The normalized spacial score (nSPS) is 14.6. The zero-order valence-electron chi connectivity index (χ0n) is 8.97. The molecular weight excluding hydrogens is 221 g/mol. The molecule has 0 saturated carbocycles. The van der Waals surface area contributed by atoms with E-state index in [0.717, 1.165) is 0 Å². The number of pyridine rings is 1. The second-order valence-corrected chi connectivity index (χ2v) is 3.72. The molecule has 0 fully saturated rings. The van der Waals surface area contributed by atoms with Crippen molar-refractivity contribution in [3.05, 3.63) is 23.6 Å². The molecule has 1 heterocycles. The van der Waals surface area contributed by atoms with Crippen molar-refractivity contribution in [1.29, 1.82) is 0 Å². The van der Waals surface area contributed by atoms with E-state index in [-0.39, 0.29) is 11.9 Å². The van der Waals surface area contributed by atoms with Gasteiger partial charge in [0.15, 0.2) is 17.5 Å². The number of hydrogen-bond donors (Lipinski definition) is 2. The van der Waals surface area contributed by atoms with E-state index in [4.69, 9.17) is 5.11 Å². The lowest BCUT2D eigenvalue weighted by Gasteiger charge is -2.16. The minimum Gasteiger partial charge on any atom is -0.393 e. The van der Waals surface area contributed by atoms with Gasteiger partial charge in [-0.3, -0.25) is 0 Å². The Bertz CT molecular complexity index is 371. The van der Waals surface area contributed by atoms with E-state index in [1.807, 2.05) is 0 Å². The third-order valence-corrected chi connectivity index (χ3v) is 1.96. The molecule has 0 aromatic carbocycles. The first kappa shape index (κ1) is 12.8. The average molecular weight is 234 g/mol. The highest BCUT2D eigenvalue weighted by molar-refractivity contribution is 5.37. The Morgan fingerprint density at radius 2 is 1.94 bits per heavy atom. The molecule has 2 N–H and O–H groups in total. The third kappa shape index (κ3) is 3.37. The van der Waals surface area contributed by atoms with Crippen LogP contribution in [0.1, 0.15) is 20.3 Å². The lowest BCUT2D eigenvalue weighted by molar-refractivity contribution is 0.179. The molecule has 6 heteroatoms. The maximum Gasteiger partial charge on any atom is 0.251 e. The van der Waals surface area contributed by atoms with E-state index in [1.54, 1.807) is 13.8 Å². The minimum absolute atomic E-state index is 0.299. The summed E-state index contributed by atoms with van der Waals surface area (Å²) >= 11 is 0. The van der Waals surface area contributed by atoms with Crippen molar-refractivity contribution < 1.29 is 18.3 Å². The van der Waals surface area contributed by atoms with Gasteiger partial charge in [0.05, 0.1) is 6.10 Å². The number of aliphatic hydroxyl groups is 1. The van der Waals surface area contributed by atoms with Gasteiger partial charge in [-0.1, -0.05) is 0 Å². The quantitative estimate of drug-likeness (QED) is 0.784. The van der Waals surface area contributed by atoms with Crippen LogP contribution in [-0.4, -0.2) is 22.2 Å². The van der Waals surface area contributed by atoms with E-state index < -0.39 is 23.7 Å². The SMILES string of the molecule is CC(O)CC(C)Nc1nc(F)c(F)cc1F. The van der Waals surface area contributed by atoms with Gasteiger partial charge in [0, 0.05) is 12.1 Å². The Labute approximate surface area is 91.3 Å². The van der Waals surface area contributed by atoms with E-state index in [0.29, 0.717) is 12.5 Å². The van der Waals surface area contributed by atoms with Gasteiger partial charge in [-0.15, -0.1) is 0 Å². The lowest BCUT2D eigenvalue weighted by Crippen LogP contribution is -2.22. The Morgan fingerprint density at radius 1 is 1.31 bits per heavy atom. The Kier molecular flexibility index (Phi) is 4.12. The average Bonchev–Trinajstić information content (AvgIpc) is 2.12. The van der Waals surface area contributed by atoms with Crippen LogP contribution in [0.2, 0.25) is 0 Å². The molecule has 0 saturated heterocycles. The second-order valence-electron chi connectivity index (χ2n) is 3.72. The minimum atomic E-state index is -1.35. The van der Waals surface area contributed by atoms with E-state index in [9.17, 15) is 13.2 Å². The lowest BCUT2D eigenvalue weighted by atomic mass is 10.1. The summed E-state index contributed by atoms with van der Waals surface area (Å²) in [6.45, 7) is 3.25.